The van der Waals surface area contributed by atoms with E-state index in [4.69, 9.17) is 4.52 Å². The number of halogens is 3. The molecule has 0 saturated carbocycles. The van der Waals surface area contributed by atoms with Gasteiger partial charge in [-0.15, -0.1) is 0 Å². The molecule has 0 atom stereocenters. The molecule has 112 valence electrons. The van der Waals surface area contributed by atoms with Gasteiger partial charge in [-0.1, -0.05) is 5.16 Å². The van der Waals surface area contributed by atoms with Crippen molar-refractivity contribution in [2.75, 3.05) is 26.2 Å². The summed E-state index contributed by atoms with van der Waals surface area (Å²) in [5.41, 5.74) is 0.0433. The first-order valence-electron chi connectivity index (χ1n) is 6.54. The van der Waals surface area contributed by atoms with Gasteiger partial charge in [0.15, 0.2) is 17.5 Å². The highest BCUT2D eigenvalue weighted by molar-refractivity contribution is 5.54. The summed E-state index contributed by atoms with van der Waals surface area (Å²) in [6.07, 6.45) is 0. The minimum Gasteiger partial charge on any atom is -0.338 e. The number of hydrogen-bond acceptors (Lipinski definition) is 5. The van der Waals surface area contributed by atoms with Crippen molar-refractivity contribution in [1.29, 1.82) is 0 Å². The smallest absolute Gasteiger partial charge is 0.241 e. The largest absolute Gasteiger partial charge is 0.338 e. The maximum atomic E-state index is 13.2. The Morgan fingerprint density at radius 3 is 2.48 bits per heavy atom. The number of nitrogens with one attached hydrogen (secondary N) is 1. The molecule has 1 N–H and O–H groups in total. The minimum atomic E-state index is -1.51. The van der Waals surface area contributed by atoms with Gasteiger partial charge in [0.25, 0.3) is 0 Å². The van der Waals surface area contributed by atoms with E-state index in [1.165, 1.54) is 0 Å². The summed E-state index contributed by atoms with van der Waals surface area (Å²) in [7, 11) is 0. The average molecular weight is 298 g/mol. The standard InChI is InChI=1S/C13H13F3N4O/c14-9-5-8(6-10(15)12(9)16)13-18-11(21-19-13)7-20-3-1-17-2-4-20/h5-6,17H,1-4,7H2. The fraction of sp³-hybridized carbons (Fsp3) is 0.385. The molecule has 0 unspecified atom stereocenters. The molecule has 21 heavy (non-hydrogen) atoms. The molecule has 1 aromatic carbocycles. The Balaban J connectivity index is 1.78. The molecule has 1 aliphatic rings. The summed E-state index contributed by atoms with van der Waals surface area (Å²) >= 11 is 0. The predicted octanol–water partition coefficient (Wildman–Crippen LogP) is 1.56. The molecule has 0 bridgehead atoms. The van der Waals surface area contributed by atoms with Crippen molar-refractivity contribution in [1.82, 2.24) is 20.4 Å². The zero-order valence-corrected chi connectivity index (χ0v) is 11.1. The Bertz CT molecular complexity index is 617. The van der Waals surface area contributed by atoms with Crippen molar-refractivity contribution in [3.05, 3.63) is 35.5 Å². The zero-order chi connectivity index (χ0) is 14.8. The van der Waals surface area contributed by atoms with Gasteiger partial charge >= 0.3 is 0 Å². The molecule has 3 rings (SSSR count). The van der Waals surface area contributed by atoms with E-state index in [1.807, 2.05) is 0 Å². The third kappa shape index (κ3) is 3.06. The van der Waals surface area contributed by atoms with Gasteiger partial charge in [-0.2, -0.15) is 4.98 Å². The molecule has 1 fully saturated rings. The van der Waals surface area contributed by atoms with Crippen LogP contribution in [0.25, 0.3) is 11.4 Å². The third-order valence-corrected chi connectivity index (χ3v) is 3.28. The van der Waals surface area contributed by atoms with Gasteiger partial charge in [0.2, 0.25) is 11.7 Å². The minimum absolute atomic E-state index is 0.0398. The van der Waals surface area contributed by atoms with Crippen molar-refractivity contribution in [2.45, 2.75) is 6.54 Å². The van der Waals surface area contributed by atoms with E-state index in [9.17, 15) is 13.2 Å². The molecule has 2 heterocycles. The van der Waals surface area contributed by atoms with E-state index in [1.54, 1.807) is 0 Å². The lowest BCUT2D eigenvalue weighted by Gasteiger charge is -2.25. The second-order valence-corrected chi connectivity index (χ2v) is 4.79. The fourth-order valence-electron chi connectivity index (χ4n) is 2.18. The molecule has 1 aromatic heterocycles. The summed E-state index contributed by atoms with van der Waals surface area (Å²) in [6.45, 7) is 3.96. The third-order valence-electron chi connectivity index (χ3n) is 3.28. The monoisotopic (exact) mass is 298 g/mol. The van der Waals surface area contributed by atoms with E-state index >= 15 is 0 Å². The first-order valence-corrected chi connectivity index (χ1v) is 6.54. The van der Waals surface area contributed by atoms with Crippen LogP contribution in [-0.2, 0) is 6.54 Å². The molecule has 0 radical (unpaired) electrons. The van der Waals surface area contributed by atoms with Gasteiger partial charge in [-0.05, 0) is 12.1 Å². The molecule has 1 aliphatic heterocycles. The maximum Gasteiger partial charge on any atom is 0.241 e. The number of rotatable bonds is 3. The van der Waals surface area contributed by atoms with Crippen LogP contribution in [0.4, 0.5) is 13.2 Å². The SMILES string of the molecule is Fc1cc(-c2noc(CN3CCNCC3)n2)cc(F)c1F. The van der Waals surface area contributed by atoms with Crippen molar-refractivity contribution in [2.24, 2.45) is 0 Å². The van der Waals surface area contributed by atoms with E-state index in [0.29, 0.717) is 12.4 Å². The lowest BCUT2D eigenvalue weighted by atomic mass is 10.2. The summed E-state index contributed by atoms with van der Waals surface area (Å²) in [4.78, 5) is 6.22. The van der Waals surface area contributed by atoms with Crippen LogP contribution in [0.2, 0.25) is 0 Å². The van der Waals surface area contributed by atoms with E-state index in [0.717, 1.165) is 38.3 Å². The first kappa shape index (κ1) is 14.0. The Hall–Kier alpha value is -1.93. The highest BCUT2D eigenvalue weighted by Gasteiger charge is 2.17. The van der Waals surface area contributed by atoms with Crippen molar-refractivity contribution >= 4 is 0 Å². The van der Waals surface area contributed by atoms with E-state index in [-0.39, 0.29) is 11.4 Å². The molecule has 0 aliphatic carbocycles. The Labute approximate surface area is 118 Å². The Kier molecular flexibility index (Phi) is 3.89. The predicted molar refractivity (Wildman–Crippen MR) is 67.8 cm³/mol. The zero-order valence-electron chi connectivity index (χ0n) is 11.1. The number of aromatic nitrogens is 2. The summed E-state index contributed by atoms with van der Waals surface area (Å²) in [6, 6.07) is 1.69. The average Bonchev–Trinajstić information content (AvgIpc) is 2.94. The number of nitrogens with zero attached hydrogens (tertiary/aromatic N) is 3. The van der Waals surface area contributed by atoms with E-state index in [2.05, 4.69) is 20.4 Å². The maximum absolute atomic E-state index is 13.2. The van der Waals surface area contributed by atoms with Gasteiger partial charge in [-0.25, -0.2) is 13.2 Å². The number of hydrogen-bond donors (Lipinski definition) is 1. The van der Waals surface area contributed by atoms with Crippen molar-refractivity contribution in [3.63, 3.8) is 0 Å². The van der Waals surface area contributed by atoms with Crippen LogP contribution < -0.4 is 5.32 Å². The normalized spacial score (nSPS) is 16.3. The van der Waals surface area contributed by atoms with Crippen LogP contribution in [0.3, 0.4) is 0 Å². The van der Waals surface area contributed by atoms with Crippen molar-refractivity contribution < 1.29 is 17.7 Å². The molecular formula is C13H13F3N4O. The summed E-state index contributed by atoms with van der Waals surface area (Å²) in [5.74, 6) is -3.67. The number of benzene rings is 1. The van der Waals surface area contributed by atoms with Crippen LogP contribution in [0.5, 0.6) is 0 Å². The Morgan fingerprint density at radius 2 is 1.81 bits per heavy atom. The molecule has 1 saturated heterocycles. The second kappa shape index (κ2) is 5.82. The van der Waals surface area contributed by atoms with Gasteiger partial charge in [0, 0.05) is 31.7 Å². The topological polar surface area (TPSA) is 54.2 Å². The molecule has 5 nitrogen and oxygen atoms in total. The van der Waals surface area contributed by atoms with Crippen LogP contribution >= 0.6 is 0 Å². The molecule has 0 spiro atoms. The van der Waals surface area contributed by atoms with Gasteiger partial charge in [0.05, 0.1) is 6.54 Å². The van der Waals surface area contributed by atoms with Crippen LogP contribution in [0, 0.1) is 17.5 Å². The molecule has 0 amide bonds. The van der Waals surface area contributed by atoms with Gasteiger partial charge < -0.3 is 9.84 Å². The van der Waals surface area contributed by atoms with Crippen LogP contribution in [0.15, 0.2) is 16.7 Å². The van der Waals surface area contributed by atoms with E-state index < -0.39 is 17.5 Å². The highest BCUT2D eigenvalue weighted by Crippen LogP contribution is 2.21. The molecule has 8 heteroatoms. The lowest BCUT2D eigenvalue weighted by molar-refractivity contribution is 0.203. The summed E-state index contributed by atoms with van der Waals surface area (Å²) < 4.78 is 44.4. The second-order valence-electron chi connectivity index (χ2n) is 4.79. The molecule has 2 aromatic rings. The fourth-order valence-corrected chi connectivity index (χ4v) is 2.18. The number of piperazine rings is 1. The lowest BCUT2D eigenvalue weighted by Crippen LogP contribution is -2.42. The highest BCUT2D eigenvalue weighted by atomic mass is 19.2. The Morgan fingerprint density at radius 1 is 1.14 bits per heavy atom. The summed E-state index contributed by atoms with van der Waals surface area (Å²) in [5, 5.41) is 6.90. The van der Waals surface area contributed by atoms with Crippen LogP contribution in [-0.4, -0.2) is 41.2 Å². The first-order chi connectivity index (χ1) is 10.1. The van der Waals surface area contributed by atoms with Gasteiger partial charge in [-0.3, -0.25) is 4.90 Å². The van der Waals surface area contributed by atoms with Crippen molar-refractivity contribution in [3.8, 4) is 11.4 Å². The quantitative estimate of drug-likeness (QED) is 0.872. The van der Waals surface area contributed by atoms with Crippen LogP contribution in [0.1, 0.15) is 5.89 Å². The van der Waals surface area contributed by atoms with Gasteiger partial charge in [0.1, 0.15) is 0 Å². The molecular weight excluding hydrogens is 285 g/mol.